The molecule has 27 heavy (non-hydrogen) atoms. The van der Waals surface area contributed by atoms with Gasteiger partial charge in [0.25, 0.3) is 5.69 Å². The van der Waals surface area contributed by atoms with E-state index in [0.29, 0.717) is 6.61 Å². The molecule has 1 aliphatic rings. The van der Waals surface area contributed by atoms with Crippen molar-refractivity contribution in [3.05, 3.63) is 39.9 Å². The third-order valence-corrected chi connectivity index (χ3v) is 3.82. The predicted octanol–water partition coefficient (Wildman–Crippen LogP) is 2.78. The molecule has 0 N–H and O–H groups in total. The number of hydrogen-bond acceptors (Lipinski definition) is 7. The van der Waals surface area contributed by atoms with Gasteiger partial charge in [0.15, 0.2) is 0 Å². The second-order valence-electron chi connectivity index (χ2n) is 7.13. The Morgan fingerprint density at radius 1 is 1.19 bits per heavy atom. The van der Waals surface area contributed by atoms with Crippen molar-refractivity contribution in [1.29, 1.82) is 0 Å². The van der Waals surface area contributed by atoms with Crippen LogP contribution in [0.25, 0.3) is 0 Å². The van der Waals surface area contributed by atoms with Gasteiger partial charge in [-0.25, -0.2) is 9.59 Å². The Kier molecular flexibility index (Phi) is 6.37. The Balaban J connectivity index is 2.05. The lowest BCUT2D eigenvalue weighted by molar-refractivity contribution is -0.384. The van der Waals surface area contributed by atoms with E-state index < -0.39 is 34.8 Å². The van der Waals surface area contributed by atoms with Crippen LogP contribution in [0.3, 0.4) is 0 Å². The molecule has 1 saturated heterocycles. The molecule has 9 nitrogen and oxygen atoms in total. The van der Waals surface area contributed by atoms with Crippen LogP contribution in [-0.4, -0.2) is 59.4 Å². The van der Waals surface area contributed by atoms with Crippen LogP contribution in [-0.2, 0) is 14.2 Å². The van der Waals surface area contributed by atoms with E-state index in [0.717, 1.165) is 0 Å². The molecule has 0 saturated carbocycles. The Hall–Kier alpha value is -2.68. The number of likely N-dealkylation sites (tertiary alicyclic amines) is 1. The van der Waals surface area contributed by atoms with Gasteiger partial charge in [0, 0.05) is 18.7 Å². The number of non-ortho nitro benzene ring substituents is 1. The summed E-state index contributed by atoms with van der Waals surface area (Å²) in [6.45, 7) is 7.93. The molecular weight excluding hydrogens is 356 g/mol. The van der Waals surface area contributed by atoms with Gasteiger partial charge in [-0.15, -0.1) is 0 Å². The minimum absolute atomic E-state index is 0.115. The molecule has 2 rings (SSSR count). The number of nitro groups is 1. The first-order chi connectivity index (χ1) is 12.6. The first kappa shape index (κ1) is 20.6. The van der Waals surface area contributed by atoms with Crippen molar-refractivity contribution < 1.29 is 28.7 Å². The zero-order valence-corrected chi connectivity index (χ0v) is 15.8. The number of carbonyl (C=O) groups is 2. The summed E-state index contributed by atoms with van der Waals surface area (Å²) in [4.78, 5) is 36.2. The molecule has 0 bridgehead atoms. The number of hydrogen-bond donors (Lipinski definition) is 0. The van der Waals surface area contributed by atoms with Crippen LogP contribution in [0.15, 0.2) is 24.3 Å². The molecule has 1 amide bonds. The summed E-state index contributed by atoms with van der Waals surface area (Å²) in [6, 6.07) is 5.13. The van der Waals surface area contributed by atoms with E-state index in [2.05, 4.69) is 0 Å². The second-order valence-corrected chi connectivity index (χ2v) is 7.13. The van der Waals surface area contributed by atoms with E-state index in [1.807, 2.05) is 6.92 Å². The summed E-state index contributed by atoms with van der Waals surface area (Å²) >= 11 is 0. The lowest BCUT2D eigenvalue weighted by atomic mass is 10.2. The molecule has 2 unspecified atom stereocenters. The average Bonchev–Trinajstić information content (AvgIpc) is 2.96. The fourth-order valence-electron chi connectivity index (χ4n) is 2.63. The van der Waals surface area contributed by atoms with Gasteiger partial charge in [-0.05, 0) is 39.8 Å². The SMILES string of the molecule is CCOC1CN(C(=O)OC(C)(C)C)CC1OC(=O)c1ccc([N+](=O)[O-])cc1. The van der Waals surface area contributed by atoms with Gasteiger partial charge in [-0.3, -0.25) is 10.1 Å². The number of amides is 1. The van der Waals surface area contributed by atoms with E-state index in [1.165, 1.54) is 29.2 Å². The molecular formula is C18H24N2O7. The summed E-state index contributed by atoms with van der Waals surface area (Å²) in [5, 5.41) is 10.7. The topological polar surface area (TPSA) is 108 Å². The summed E-state index contributed by atoms with van der Waals surface area (Å²) < 4.78 is 16.4. The van der Waals surface area contributed by atoms with E-state index in [-0.39, 0.29) is 24.3 Å². The Labute approximate surface area is 157 Å². The van der Waals surface area contributed by atoms with Crippen LogP contribution in [0.2, 0.25) is 0 Å². The van der Waals surface area contributed by atoms with Gasteiger partial charge in [0.05, 0.1) is 23.6 Å². The van der Waals surface area contributed by atoms with Gasteiger partial charge in [-0.2, -0.15) is 0 Å². The molecule has 1 aromatic rings. The van der Waals surface area contributed by atoms with Crippen molar-refractivity contribution >= 4 is 17.7 Å². The van der Waals surface area contributed by atoms with Crippen molar-refractivity contribution in [1.82, 2.24) is 4.90 Å². The van der Waals surface area contributed by atoms with Gasteiger partial charge in [-0.1, -0.05) is 0 Å². The second kappa shape index (κ2) is 8.34. The number of nitro benzene ring substituents is 1. The first-order valence-corrected chi connectivity index (χ1v) is 8.65. The molecule has 2 atom stereocenters. The zero-order chi connectivity index (χ0) is 20.2. The highest BCUT2D eigenvalue weighted by molar-refractivity contribution is 5.89. The monoisotopic (exact) mass is 380 g/mol. The highest BCUT2D eigenvalue weighted by Gasteiger charge is 2.40. The number of rotatable bonds is 5. The molecule has 1 fully saturated rings. The minimum Gasteiger partial charge on any atom is -0.454 e. The van der Waals surface area contributed by atoms with Crippen LogP contribution < -0.4 is 0 Å². The average molecular weight is 380 g/mol. The van der Waals surface area contributed by atoms with Crippen molar-refractivity contribution in [3.63, 3.8) is 0 Å². The van der Waals surface area contributed by atoms with Gasteiger partial charge < -0.3 is 19.1 Å². The van der Waals surface area contributed by atoms with Gasteiger partial charge in [0.2, 0.25) is 0 Å². The van der Waals surface area contributed by atoms with Crippen molar-refractivity contribution in [3.8, 4) is 0 Å². The van der Waals surface area contributed by atoms with E-state index in [4.69, 9.17) is 14.2 Å². The highest BCUT2D eigenvalue weighted by atomic mass is 16.6. The normalized spacial score (nSPS) is 19.6. The van der Waals surface area contributed by atoms with Crippen LogP contribution in [0.5, 0.6) is 0 Å². The summed E-state index contributed by atoms with van der Waals surface area (Å²) in [6.07, 6.45) is -1.62. The predicted molar refractivity (Wildman–Crippen MR) is 95.5 cm³/mol. The van der Waals surface area contributed by atoms with Crippen molar-refractivity contribution in [2.24, 2.45) is 0 Å². The summed E-state index contributed by atoms with van der Waals surface area (Å²) in [5.74, 6) is -0.634. The molecule has 9 heteroatoms. The third-order valence-electron chi connectivity index (χ3n) is 3.82. The van der Waals surface area contributed by atoms with Crippen molar-refractivity contribution in [2.45, 2.75) is 45.5 Å². The number of nitrogens with zero attached hydrogens (tertiary/aromatic N) is 2. The molecule has 0 radical (unpaired) electrons. The summed E-state index contributed by atoms with van der Waals surface area (Å²) in [5.41, 5.74) is -0.562. The maximum atomic E-state index is 12.4. The molecule has 0 aliphatic carbocycles. The smallest absolute Gasteiger partial charge is 0.410 e. The minimum atomic E-state index is -0.653. The Morgan fingerprint density at radius 3 is 2.30 bits per heavy atom. The maximum Gasteiger partial charge on any atom is 0.410 e. The number of benzene rings is 1. The van der Waals surface area contributed by atoms with Crippen LogP contribution in [0.4, 0.5) is 10.5 Å². The van der Waals surface area contributed by atoms with Gasteiger partial charge in [0.1, 0.15) is 17.8 Å². The Bertz CT molecular complexity index is 697. The van der Waals surface area contributed by atoms with Crippen molar-refractivity contribution in [2.75, 3.05) is 19.7 Å². The number of esters is 1. The Morgan fingerprint density at radius 2 is 1.78 bits per heavy atom. The lowest BCUT2D eigenvalue weighted by Gasteiger charge is -2.24. The zero-order valence-electron chi connectivity index (χ0n) is 15.8. The lowest BCUT2D eigenvalue weighted by Crippen LogP contribution is -2.36. The fourth-order valence-corrected chi connectivity index (χ4v) is 2.63. The van der Waals surface area contributed by atoms with Crippen LogP contribution >= 0.6 is 0 Å². The van der Waals surface area contributed by atoms with E-state index >= 15 is 0 Å². The molecule has 148 valence electrons. The maximum absolute atomic E-state index is 12.4. The van der Waals surface area contributed by atoms with Crippen LogP contribution in [0, 0.1) is 10.1 Å². The quantitative estimate of drug-likeness (QED) is 0.439. The van der Waals surface area contributed by atoms with Crippen LogP contribution in [0.1, 0.15) is 38.1 Å². The largest absolute Gasteiger partial charge is 0.454 e. The van der Waals surface area contributed by atoms with Gasteiger partial charge >= 0.3 is 12.1 Å². The summed E-state index contributed by atoms with van der Waals surface area (Å²) in [7, 11) is 0. The number of carbonyl (C=O) groups excluding carboxylic acids is 2. The van der Waals surface area contributed by atoms with E-state index in [9.17, 15) is 19.7 Å². The molecule has 1 heterocycles. The highest BCUT2D eigenvalue weighted by Crippen LogP contribution is 2.22. The molecule has 1 aliphatic heterocycles. The number of ether oxygens (including phenoxy) is 3. The molecule has 1 aromatic carbocycles. The molecule has 0 spiro atoms. The first-order valence-electron chi connectivity index (χ1n) is 8.65. The molecule has 0 aromatic heterocycles. The third kappa shape index (κ3) is 5.65. The fraction of sp³-hybridized carbons (Fsp3) is 0.556. The van der Waals surface area contributed by atoms with E-state index in [1.54, 1.807) is 20.8 Å². The standard InChI is InChI=1S/C18H24N2O7/c1-5-25-14-10-19(17(22)27-18(2,3)4)11-15(14)26-16(21)12-6-8-13(9-7-12)20(23)24/h6-9,14-15H,5,10-11H2,1-4H3.